The van der Waals surface area contributed by atoms with Gasteiger partial charge in [0, 0.05) is 49.1 Å². The van der Waals surface area contributed by atoms with Gasteiger partial charge in [0.1, 0.15) is 23.8 Å². The third kappa shape index (κ3) is 5.93. The molecule has 0 radical (unpaired) electrons. The summed E-state index contributed by atoms with van der Waals surface area (Å²) in [6.07, 6.45) is 2.52. The molecule has 1 amide bonds. The molecule has 39 heavy (non-hydrogen) atoms. The molecule has 3 aliphatic rings. The number of piperidine rings is 1. The smallest absolute Gasteiger partial charge is 0.356 e. The second-order valence-electron chi connectivity index (χ2n) is 10.5. The predicted octanol–water partition coefficient (Wildman–Crippen LogP) is 4.97. The molecule has 2 N–H and O–H groups in total. The van der Waals surface area contributed by atoms with Crippen molar-refractivity contribution in [2.45, 2.75) is 51.2 Å². The molecule has 11 heteroatoms. The van der Waals surface area contributed by atoms with Crippen molar-refractivity contribution < 1.29 is 22.4 Å². The molecule has 1 unspecified atom stereocenters. The Labute approximate surface area is 225 Å². The number of nitrogens with one attached hydrogen (secondary N) is 2. The molecule has 208 valence electrons. The fourth-order valence-electron chi connectivity index (χ4n) is 5.64. The Kier molecular flexibility index (Phi) is 7.61. The second kappa shape index (κ2) is 11.0. The number of rotatable bonds is 7. The number of carbonyl (C=O) groups is 1. The van der Waals surface area contributed by atoms with Crippen LogP contribution in [-0.2, 0) is 17.4 Å². The summed E-state index contributed by atoms with van der Waals surface area (Å²) in [5, 5.41) is 6.25. The highest BCUT2D eigenvalue weighted by molar-refractivity contribution is 5.99. The lowest BCUT2D eigenvalue weighted by molar-refractivity contribution is -0.140. The molecule has 2 aromatic rings. The van der Waals surface area contributed by atoms with Gasteiger partial charge in [0.25, 0.3) is 0 Å². The molecule has 7 nitrogen and oxygen atoms in total. The first kappa shape index (κ1) is 27.1. The Morgan fingerprint density at radius 3 is 2.69 bits per heavy atom. The number of alkyl halides is 3. The predicted molar refractivity (Wildman–Crippen MR) is 141 cm³/mol. The fraction of sp³-hybridized carbons (Fsp3) is 0.464. The maximum Gasteiger partial charge on any atom is 0.419 e. The van der Waals surface area contributed by atoms with Crippen LogP contribution in [-0.4, -0.2) is 53.0 Å². The van der Waals surface area contributed by atoms with Gasteiger partial charge in [-0.25, -0.2) is 14.4 Å². The van der Waals surface area contributed by atoms with Gasteiger partial charge in [-0.3, -0.25) is 4.79 Å². The van der Waals surface area contributed by atoms with Crippen LogP contribution in [0.4, 0.5) is 29.2 Å². The number of fused-ring (bicyclic) bond motifs is 1. The lowest BCUT2D eigenvalue weighted by Gasteiger charge is -2.38. The van der Waals surface area contributed by atoms with Gasteiger partial charge in [0.05, 0.1) is 12.0 Å². The molecule has 4 heterocycles. The number of nitrogens with zero attached hydrogens (tertiary/aromatic N) is 4. The summed E-state index contributed by atoms with van der Waals surface area (Å²) < 4.78 is 53.8. The highest BCUT2D eigenvalue weighted by Crippen LogP contribution is 2.35. The number of halogens is 4. The minimum atomic E-state index is -4.77. The summed E-state index contributed by atoms with van der Waals surface area (Å²) in [5.74, 6) is 0.151. The first-order chi connectivity index (χ1) is 18.6. The maximum atomic E-state index is 13.9. The zero-order valence-corrected chi connectivity index (χ0v) is 21.8. The van der Waals surface area contributed by atoms with Gasteiger partial charge >= 0.3 is 6.18 Å². The molecule has 0 saturated carbocycles. The Balaban J connectivity index is 1.33. The van der Waals surface area contributed by atoms with Gasteiger partial charge in [-0.05, 0) is 62.4 Å². The lowest BCUT2D eigenvalue weighted by Crippen LogP contribution is -2.40. The third-order valence-electron chi connectivity index (χ3n) is 7.81. The van der Waals surface area contributed by atoms with E-state index in [9.17, 15) is 22.4 Å². The number of allylic oxidation sites excluding steroid dienone is 2. The molecule has 0 aliphatic carbocycles. The molecule has 2 saturated heterocycles. The normalized spacial score (nSPS) is 20.2. The molecule has 1 atom stereocenters. The summed E-state index contributed by atoms with van der Waals surface area (Å²) in [6.45, 7) is 9.20. The first-order valence-electron chi connectivity index (χ1n) is 13.2. The van der Waals surface area contributed by atoms with E-state index in [4.69, 9.17) is 0 Å². The van der Waals surface area contributed by atoms with E-state index in [0.29, 0.717) is 23.5 Å². The van der Waals surface area contributed by atoms with Crippen LogP contribution in [0.2, 0.25) is 0 Å². The molecular formula is C28H32F4N6O. The number of anilines is 2. The molecule has 1 aromatic heterocycles. The van der Waals surface area contributed by atoms with Crippen molar-refractivity contribution in [3.63, 3.8) is 0 Å². The average Bonchev–Trinajstić information content (AvgIpc) is 3.56. The molecule has 0 spiro atoms. The van der Waals surface area contributed by atoms with E-state index in [-0.39, 0.29) is 24.3 Å². The minimum absolute atomic E-state index is 0.0863. The molecular weight excluding hydrogens is 512 g/mol. The fourth-order valence-corrected chi connectivity index (χ4v) is 5.64. The van der Waals surface area contributed by atoms with Crippen molar-refractivity contribution in [2.24, 2.45) is 5.92 Å². The summed E-state index contributed by atoms with van der Waals surface area (Å²) in [6, 6.07) is 3.37. The van der Waals surface area contributed by atoms with Crippen LogP contribution in [0, 0.1) is 11.7 Å². The maximum absolute atomic E-state index is 13.9. The Bertz CT molecular complexity index is 1280. The summed E-state index contributed by atoms with van der Waals surface area (Å²) in [7, 11) is 0. The second-order valence-corrected chi connectivity index (χ2v) is 10.5. The average molecular weight is 545 g/mol. The van der Waals surface area contributed by atoms with Crippen LogP contribution in [0.1, 0.15) is 49.3 Å². The van der Waals surface area contributed by atoms with Crippen molar-refractivity contribution in [1.82, 2.24) is 20.2 Å². The van der Waals surface area contributed by atoms with Gasteiger partial charge in [0.2, 0.25) is 5.91 Å². The number of carbonyl (C=O) groups excluding carboxylic acids is 1. The molecule has 2 fully saturated rings. The quantitative estimate of drug-likeness (QED) is 0.480. The van der Waals surface area contributed by atoms with Gasteiger partial charge in [-0.15, -0.1) is 0 Å². The number of aromatic nitrogens is 2. The van der Waals surface area contributed by atoms with Gasteiger partial charge < -0.3 is 20.4 Å². The minimum Gasteiger partial charge on any atom is -0.356 e. The van der Waals surface area contributed by atoms with Gasteiger partial charge in [-0.2, -0.15) is 13.2 Å². The van der Waals surface area contributed by atoms with E-state index in [1.807, 2.05) is 6.20 Å². The highest BCUT2D eigenvalue weighted by atomic mass is 19.4. The largest absolute Gasteiger partial charge is 0.419 e. The van der Waals surface area contributed by atoms with E-state index in [0.717, 1.165) is 74.5 Å². The van der Waals surface area contributed by atoms with Crippen molar-refractivity contribution in [3.05, 3.63) is 65.5 Å². The molecule has 3 aliphatic heterocycles. The van der Waals surface area contributed by atoms with Crippen LogP contribution in [0.15, 0.2) is 43.0 Å². The number of hydrogen-bond donors (Lipinski definition) is 2. The van der Waals surface area contributed by atoms with Crippen molar-refractivity contribution in [2.75, 3.05) is 36.4 Å². The monoisotopic (exact) mass is 544 g/mol. The van der Waals surface area contributed by atoms with Crippen LogP contribution < -0.4 is 15.5 Å². The van der Waals surface area contributed by atoms with Crippen LogP contribution in [0.3, 0.4) is 0 Å². The van der Waals surface area contributed by atoms with Crippen molar-refractivity contribution >= 4 is 23.1 Å². The number of hydrogen-bond acceptors (Lipinski definition) is 6. The standard InChI is InChI=1S/C28H32F4N6O/c1-17(20-5-6-24(29)23(12-20)28(30,31)32)14-38(15-21-4-3-9-33-21)18(2)19-7-10-37(11-8-19)27-22-13-25(39)36-26(22)34-16-35-27/h5-6,12,14,16,19,21,33H,2-4,7-11,13,15H2,1H3,(H,34,35,36,39)/b17-14+. The SMILES string of the molecule is C=C(C1CCN(c2ncnc3c2CC(=O)N3)CC1)N(/C=C(\C)c1ccc(F)c(C(F)(F)F)c1)CC1CCCN1. The number of benzene rings is 1. The van der Waals surface area contributed by atoms with E-state index in [1.165, 1.54) is 12.4 Å². The Morgan fingerprint density at radius 1 is 1.23 bits per heavy atom. The van der Waals surface area contributed by atoms with E-state index >= 15 is 0 Å². The summed E-state index contributed by atoms with van der Waals surface area (Å²) in [4.78, 5) is 24.7. The van der Waals surface area contributed by atoms with Gasteiger partial charge in [0.15, 0.2) is 0 Å². The van der Waals surface area contributed by atoms with Crippen molar-refractivity contribution in [3.8, 4) is 0 Å². The van der Waals surface area contributed by atoms with E-state index in [2.05, 4.69) is 37.0 Å². The topological polar surface area (TPSA) is 73.4 Å². The van der Waals surface area contributed by atoms with Crippen LogP contribution in [0.25, 0.3) is 5.57 Å². The Morgan fingerprint density at radius 2 is 2.00 bits per heavy atom. The van der Waals surface area contributed by atoms with E-state index < -0.39 is 17.6 Å². The zero-order valence-electron chi connectivity index (χ0n) is 21.8. The highest BCUT2D eigenvalue weighted by Gasteiger charge is 2.34. The number of amides is 1. The van der Waals surface area contributed by atoms with Crippen LogP contribution >= 0.6 is 0 Å². The summed E-state index contributed by atoms with van der Waals surface area (Å²) >= 11 is 0. The molecule has 0 bridgehead atoms. The van der Waals surface area contributed by atoms with Crippen molar-refractivity contribution in [1.29, 1.82) is 0 Å². The van der Waals surface area contributed by atoms with Crippen LogP contribution in [0.5, 0.6) is 0 Å². The van der Waals surface area contributed by atoms with E-state index in [1.54, 1.807) is 6.92 Å². The third-order valence-corrected chi connectivity index (χ3v) is 7.81. The lowest BCUT2D eigenvalue weighted by atomic mass is 9.92. The zero-order chi connectivity index (χ0) is 27.7. The first-order valence-corrected chi connectivity index (χ1v) is 13.2. The van der Waals surface area contributed by atoms with Gasteiger partial charge in [-0.1, -0.05) is 12.6 Å². The Hall–Kier alpha value is -3.47. The molecule has 1 aromatic carbocycles. The molecule has 5 rings (SSSR count). The summed E-state index contributed by atoms with van der Waals surface area (Å²) in [5.41, 5.74) is 1.38.